The molecule has 0 fully saturated rings. The first-order valence-corrected chi connectivity index (χ1v) is 12.3. The third kappa shape index (κ3) is 9.78. The van der Waals surface area contributed by atoms with Gasteiger partial charge in [0.05, 0.1) is 13.0 Å². The second-order valence-electron chi connectivity index (χ2n) is 9.12. The molecule has 1 aromatic heterocycles. The van der Waals surface area contributed by atoms with Crippen molar-refractivity contribution in [2.45, 2.75) is 64.8 Å². The van der Waals surface area contributed by atoms with Crippen LogP contribution in [0.1, 0.15) is 61.4 Å². The van der Waals surface area contributed by atoms with Gasteiger partial charge in [-0.15, -0.1) is 0 Å². The number of esters is 1. The van der Waals surface area contributed by atoms with Crippen molar-refractivity contribution in [2.75, 3.05) is 44.9 Å². The fraction of sp³-hybridized carbons (Fsp3) is 0.577. The predicted octanol–water partition coefficient (Wildman–Crippen LogP) is 3.49. The molecule has 194 valence electrons. The van der Waals surface area contributed by atoms with Crippen LogP contribution < -0.4 is 11.1 Å². The van der Waals surface area contributed by atoms with Crippen molar-refractivity contribution in [3.05, 3.63) is 46.4 Å². The van der Waals surface area contributed by atoms with Crippen LogP contribution in [0.4, 0.5) is 16.2 Å². The van der Waals surface area contributed by atoms with E-state index in [-0.39, 0.29) is 37.4 Å². The minimum absolute atomic E-state index is 0.0325. The number of carbonyl (C=O) groups excluding carboxylic acids is 1. The number of nitrogens with two attached hydrogens (primary N) is 1. The Labute approximate surface area is 208 Å². The number of unbranched alkanes of at least 4 members (excludes halogenated alkanes) is 1. The van der Waals surface area contributed by atoms with E-state index < -0.39 is 5.82 Å². The van der Waals surface area contributed by atoms with Crippen LogP contribution in [0.2, 0.25) is 0 Å². The number of hydrogen-bond acceptors (Lipinski definition) is 8. The fourth-order valence-electron chi connectivity index (χ4n) is 3.83. The van der Waals surface area contributed by atoms with Crippen LogP contribution in [-0.4, -0.2) is 65.8 Å². The second-order valence-corrected chi connectivity index (χ2v) is 9.12. The molecule has 4 N–H and O–H groups in total. The van der Waals surface area contributed by atoms with Gasteiger partial charge in [-0.3, -0.25) is 4.79 Å². The summed E-state index contributed by atoms with van der Waals surface area (Å²) in [6.07, 6.45) is 4.37. The average molecular weight is 490 g/mol. The molecular formula is C26H40FN5O3. The molecule has 0 amide bonds. The molecule has 0 bridgehead atoms. The monoisotopic (exact) mass is 489 g/mol. The highest BCUT2D eigenvalue weighted by Crippen LogP contribution is 2.25. The molecule has 0 aliphatic rings. The average Bonchev–Trinajstić information content (AvgIpc) is 2.79. The second kappa shape index (κ2) is 14.6. The number of anilines is 2. The number of nitrogens with one attached hydrogen (secondary N) is 1. The molecule has 1 heterocycles. The molecule has 0 spiro atoms. The lowest BCUT2D eigenvalue weighted by atomic mass is 10.0. The van der Waals surface area contributed by atoms with Gasteiger partial charge < -0.3 is 25.8 Å². The highest BCUT2D eigenvalue weighted by molar-refractivity contribution is 5.72. The van der Waals surface area contributed by atoms with Gasteiger partial charge in [0.2, 0.25) is 5.95 Å². The summed E-state index contributed by atoms with van der Waals surface area (Å²) in [6, 6.07) is 4.94. The van der Waals surface area contributed by atoms with Gasteiger partial charge in [0.1, 0.15) is 11.6 Å². The van der Waals surface area contributed by atoms with Crippen molar-refractivity contribution in [3.63, 3.8) is 0 Å². The number of hydrogen-bond donors (Lipinski definition) is 3. The third-order valence-electron chi connectivity index (χ3n) is 5.87. The van der Waals surface area contributed by atoms with E-state index in [0.29, 0.717) is 35.7 Å². The van der Waals surface area contributed by atoms with Gasteiger partial charge in [-0.25, -0.2) is 9.37 Å². The molecule has 0 saturated carbocycles. The van der Waals surface area contributed by atoms with Crippen LogP contribution in [0, 0.1) is 12.7 Å². The van der Waals surface area contributed by atoms with Crippen molar-refractivity contribution in [2.24, 2.45) is 0 Å². The van der Waals surface area contributed by atoms with Crippen LogP contribution >= 0.6 is 0 Å². The molecular weight excluding hydrogens is 449 g/mol. The van der Waals surface area contributed by atoms with E-state index in [1.807, 2.05) is 21.0 Å². The number of halogens is 1. The first kappa shape index (κ1) is 28.5. The maximum atomic E-state index is 15.0. The third-order valence-corrected chi connectivity index (χ3v) is 5.87. The van der Waals surface area contributed by atoms with Crippen LogP contribution in [0.5, 0.6) is 0 Å². The molecule has 0 radical (unpaired) electrons. The summed E-state index contributed by atoms with van der Waals surface area (Å²) in [5, 5.41) is 12.6. The first-order chi connectivity index (χ1) is 16.7. The highest BCUT2D eigenvalue weighted by atomic mass is 19.1. The maximum absolute atomic E-state index is 15.0. The number of carbonyl (C=O) groups is 1. The number of aliphatic hydroxyl groups excluding tert-OH is 1. The van der Waals surface area contributed by atoms with Crippen molar-refractivity contribution >= 4 is 17.7 Å². The van der Waals surface area contributed by atoms with E-state index in [4.69, 9.17) is 15.6 Å². The Hall–Kier alpha value is -2.78. The fourth-order valence-corrected chi connectivity index (χ4v) is 3.83. The lowest BCUT2D eigenvalue weighted by molar-refractivity contribution is -0.142. The Morgan fingerprint density at radius 1 is 1.26 bits per heavy atom. The van der Waals surface area contributed by atoms with E-state index in [0.717, 1.165) is 37.8 Å². The Kier molecular flexibility index (Phi) is 11.9. The van der Waals surface area contributed by atoms with Gasteiger partial charge in [0.25, 0.3) is 0 Å². The van der Waals surface area contributed by atoms with Gasteiger partial charge in [-0.1, -0.05) is 19.1 Å². The van der Waals surface area contributed by atoms with Crippen LogP contribution in [0.15, 0.2) is 18.2 Å². The zero-order valence-electron chi connectivity index (χ0n) is 21.4. The van der Waals surface area contributed by atoms with Crippen molar-refractivity contribution in [1.82, 2.24) is 14.9 Å². The molecule has 0 aliphatic carbocycles. The number of rotatable bonds is 15. The summed E-state index contributed by atoms with van der Waals surface area (Å²) in [5.74, 6) is -0.0107. The van der Waals surface area contributed by atoms with Gasteiger partial charge in [0, 0.05) is 30.3 Å². The van der Waals surface area contributed by atoms with Crippen molar-refractivity contribution in [1.29, 1.82) is 0 Å². The van der Waals surface area contributed by atoms with Gasteiger partial charge in [-0.05, 0) is 76.9 Å². The highest BCUT2D eigenvalue weighted by Gasteiger charge is 2.17. The molecule has 2 rings (SSSR count). The van der Waals surface area contributed by atoms with Gasteiger partial charge in [-0.2, -0.15) is 4.98 Å². The van der Waals surface area contributed by atoms with E-state index in [1.165, 1.54) is 6.07 Å². The molecule has 8 nitrogen and oxygen atoms in total. The molecule has 9 heteroatoms. The number of benzene rings is 1. The quantitative estimate of drug-likeness (QED) is 0.257. The molecule has 1 atom stereocenters. The minimum atomic E-state index is -0.393. The summed E-state index contributed by atoms with van der Waals surface area (Å²) in [5.41, 5.74) is 8.38. The Bertz CT molecular complexity index is 955. The normalized spacial score (nSPS) is 12.1. The summed E-state index contributed by atoms with van der Waals surface area (Å²) >= 11 is 0. The maximum Gasteiger partial charge on any atom is 0.310 e. The predicted molar refractivity (Wildman–Crippen MR) is 137 cm³/mol. The lowest BCUT2D eigenvalue weighted by Crippen LogP contribution is -2.22. The summed E-state index contributed by atoms with van der Waals surface area (Å²) in [6.45, 7) is 5.32. The first-order valence-electron chi connectivity index (χ1n) is 12.3. The summed E-state index contributed by atoms with van der Waals surface area (Å²) in [7, 11) is 4.01. The van der Waals surface area contributed by atoms with Crippen molar-refractivity contribution < 1.29 is 19.0 Å². The van der Waals surface area contributed by atoms with Gasteiger partial charge >= 0.3 is 5.97 Å². The SMILES string of the molecule is CC[C@@H](CCCO)Nc1nc(N)nc(C)c1Cc1ccc(CC(=O)OCCCCN(C)C)cc1F. The minimum Gasteiger partial charge on any atom is -0.465 e. The number of aromatic nitrogens is 2. The zero-order valence-corrected chi connectivity index (χ0v) is 21.4. The number of nitrogen functional groups attached to an aromatic ring is 1. The lowest BCUT2D eigenvalue weighted by Gasteiger charge is -2.21. The molecule has 0 aliphatic heterocycles. The summed E-state index contributed by atoms with van der Waals surface area (Å²) in [4.78, 5) is 22.8. The van der Waals surface area contributed by atoms with Crippen LogP contribution in [0.3, 0.4) is 0 Å². The van der Waals surface area contributed by atoms with E-state index in [9.17, 15) is 9.18 Å². The number of aliphatic hydroxyl groups is 1. The molecule has 2 aromatic rings. The Balaban J connectivity index is 2.06. The molecule has 35 heavy (non-hydrogen) atoms. The van der Waals surface area contributed by atoms with E-state index >= 15 is 0 Å². The summed E-state index contributed by atoms with van der Waals surface area (Å²) < 4.78 is 20.3. The molecule has 1 aromatic carbocycles. The molecule has 0 unspecified atom stereocenters. The van der Waals surface area contributed by atoms with Crippen LogP contribution in [0.25, 0.3) is 0 Å². The molecule has 0 saturated heterocycles. The van der Waals surface area contributed by atoms with Crippen LogP contribution in [-0.2, 0) is 22.4 Å². The smallest absolute Gasteiger partial charge is 0.310 e. The van der Waals surface area contributed by atoms with Gasteiger partial charge in [0.15, 0.2) is 0 Å². The Morgan fingerprint density at radius 2 is 2.03 bits per heavy atom. The largest absolute Gasteiger partial charge is 0.465 e. The number of nitrogens with zero attached hydrogens (tertiary/aromatic N) is 3. The Morgan fingerprint density at radius 3 is 2.69 bits per heavy atom. The van der Waals surface area contributed by atoms with E-state index in [1.54, 1.807) is 12.1 Å². The van der Waals surface area contributed by atoms with E-state index in [2.05, 4.69) is 27.1 Å². The number of ether oxygens (including phenoxy) is 1. The van der Waals surface area contributed by atoms with Crippen molar-refractivity contribution in [3.8, 4) is 0 Å². The standard InChI is InChI=1S/C26H40FN5O3/c1-5-21(9-8-13-33)30-25-22(18(2)29-26(28)31-25)17-20-11-10-19(15-23(20)27)16-24(34)35-14-7-6-12-32(3)4/h10-11,15,21,33H,5-9,12-14,16-17H2,1-4H3,(H3,28,29,30,31)/t21-/m0/s1. The number of aryl methyl sites for hydroxylation is 1. The zero-order chi connectivity index (χ0) is 25.8. The topological polar surface area (TPSA) is 114 Å².